The number of aliphatic hydroxyl groups excluding tert-OH is 1. The highest BCUT2D eigenvalue weighted by atomic mass is 16.7. The van der Waals surface area contributed by atoms with E-state index in [0.717, 1.165) is 6.08 Å². The highest BCUT2D eigenvalue weighted by Gasteiger charge is 2.15. The maximum absolute atomic E-state index is 11.0. The fraction of sp³-hybridized carbons (Fsp3) is 0.333. The number of carbonyl (C=O) groups excluding carboxylic acids is 2. The third-order valence-corrected chi connectivity index (χ3v) is 1.21. The molecule has 5 nitrogen and oxygen atoms in total. The van der Waals surface area contributed by atoms with Crippen molar-refractivity contribution in [2.75, 3.05) is 0 Å². The highest BCUT2D eigenvalue weighted by molar-refractivity contribution is 5.91. The van der Waals surface area contributed by atoms with Crippen LogP contribution in [0.3, 0.4) is 0 Å². The van der Waals surface area contributed by atoms with E-state index in [1.54, 1.807) is 6.92 Å². The van der Waals surface area contributed by atoms with Crippen LogP contribution in [0.2, 0.25) is 0 Å². The molecule has 0 saturated carbocycles. The third kappa shape index (κ3) is 4.42. The molecule has 0 radical (unpaired) electrons. The molecule has 0 spiro atoms. The zero-order chi connectivity index (χ0) is 11.1. The van der Waals surface area contributed by atoms with E-state index in [1.807, 2.05) is 0 Å². The van der Waals surface area contributed by atoms with Gasteiger partial charge in [-0.2, -0.15) is 0 Å². The first-order chi connectivity index (χ1) is 6.51. The monoisotopic (exact) mass is 200 g/mol. The first-order valence-corrected chi connectivity index (χ1v) is 3.93. The molecule has 0 aromatic rings. The van der Waals surface area contributed by atoms with Crippen molar-refractivity contribution in [3.8, 4) is 0 Å². The van der Waals surface area contributed by atoms with Gasteiger partial charge in [-0.25, -0.2) is 9.59 Å². The second kappa shape index (κ2) is 5.93. The Morgan fingerprint density at radius 1 is 1.57 bits per heavy atom. The second-order valence-electron chi connectivity index (χ2n) is 2.32. The maximum Gasteiger partial charge on any atom is 0.376 e. The van der Waals surface area contributed by atoms with Crippen LogP contribution >= 0.6 is 0 Å². The zero-order valence-electron chi connectivity index (χ0n) is 7.86. The summed E-state index contributed by atoms with van der Waals surface area (Å²) < 4.78 is 8.78. The summed E-state index contributed by atoms with van der Waals surface area (Å²) in [7, 11) is 0. The molecule has 78 valence electrons. The molecule has 0 heterocycles. The Balaban J connectivity index is 4.06. The molecule has 5 heteroatoms. The minimum atomic E-state index is -1.22. The Morgan fingerprint density at radius 2 is 2.14 bits per heavy atom. The van der Waals surface area contributed by atoms with Crippen LogP contribution in [0.25, 0.3) is 0 Å². The van der Waals surface area contributed by atoms with Crippen LogP contribution in [0.4, 0.5) is 0 Å². The molecular formula is C9H12O5. The number of esters is 2. The Labute approximate surface area is 81.6 Å². The Morgan fingerprint density at radius 3 is 2.57 bits per heavy atom. The van der Waals surface area contributed by atoms with Gasteiger partial charge in [0.05, 0.1) is 0 Å². The predicted molar refractivity (Wildman–Crippen MR) is 47.8 cm³/mol. The van der Waals surface area contributed by atoms with Crippen LogP contribution in [0.1, 0.15) is 13.3 Å². The molecule has 0 bridgehead atoms. The summed E-state index contributed by atoms with van der Waals surface area (Å²) in [6, 6.07) is 0. The third-order valence-electron chi connectivity index (χ3n) is 1.21. The van der Waals surface area contributed by atoms with Crippen molar-refractivity contribution < 1.29 is 24.2 Å². The second-order valence-corrected chi connectivity index (χ2v) is 2.32. The van der Waals surface area contributed by atoms with Crippen LogP contribution in [0.15, 0.2) is 25.0 Å². The summed E-state index contributed by atoms with van der Waals surface area (Å²) >= 11 is 0. The topological polar surface area (TPSA) is 72.8 Å². The van der Waals surface area contributed by atoms with Gasteiger partial charge in [0, 0.05) is 12.5 Å². The van der Waals surface area contributed by atoms with Gasteiger partial charge in [0.15, 0.2) is 0 Å². The molecule has 1 unspecified atom stereocenters. The lowest BCUT2D eigenvalue weighted by atomic mass is 10.5. The molecule has 0 aromatic carbocycles. The summed E-state index contributed by atoms with van der Waals surface area (Å²) in [6.07, 6.45) is -0.0926. The molecule has 0 aliphatic heterocycles. The van der Waals surface area contributed by atoms with Gasteiger partial charge < -0.3 is 14.6 Å². The molecule has 0 aromatic heterocycles. The van der Waals surface area contributed by atoms with Crippen molar-refractivity contribution in [2.45, 2.75) is 19.6 Å². The number of aliphatic hydroxyl groups is 1. The molecule has 1 N–H and O–H groups in total. The summed E-state index contributed by atoms with van der Waals surface area (Å²) in [4.78, 5) is 21.6. The van der Waals surface area contributed by atoms with Gasteiger partial charge in [0.1, 0.15) is 0 Å². The van der Waals surface area contributed by atoms with Gasteiger partial charge in [-0.05, 0) is 6.58 Å². The lowest BCUT2D eigenvalue weighted by Gasteiger charge is -2.10. The van der Waals surface area contributed by atoms with Gasteiger partial charge >= 0.3 is 11.9 Å². The summed E-state index contributed by atoms with van der Waals surface area (Å²) in [5, 5.41) is 8.92. The minimum Gasteiger partial charge on any atom is -0.430 e. The van der Waals surface area contributed by atoms with Gasteiger partial charge in [0.2, 0.25) is 12.0 Å². The van der Waals surface area contributed by atoms with Crippen LogP contribution in [-0.2, 0) is 19.1 Å². The number of rotatable bonds is 5. The summed E-state index contributed by atoms with van der Waals surface area (Å²) in [5.74, 6) is -2.27. The lowest BCUT2D eigenvalue weighted by molar-refractivity contribution is -0.169. The minimum absolute atomic E-state index is 0.244. The van der Waals surface area contributed by atoms with Crippen LogP contribution in [0, 0.1) is 0 Å². The molecule has 0 amide bonds. The highest BCUT2D eigenvalue weighted by Crippen LogP contribution is 2.02. The van der Waals surface area contributed by atoms with Gasteiger partial charge in [0.25, 0.3) is 0 Å². The Bertz CT molecular complexity index is 256. The van der Waals surface area contributed by atoms with Crippen molar-refractivity contribution in [3.63, 3.8) is 0 Å². The van der Waals surface area contributed by atoms with E-state index in [1.165, 1.54) is 0 Å². The maximum atomic E-state index is 11.0. The smallest absolute Gasteiger partial charge is 0.376 e. The Hall–Kier alpha value is -1.62. The van der Waals surface area contributed by atoms with Gasteiger partial charge in [-0.1, -0.05) is 13.5 Å². The number of hydrogen-bond donors (Lipinski definition) is 1. The molecular weight excluding hydrogens is 188 g/mol. The van der Waals surface area contributed by atoms with Crippen LogP contribution in [-0.4, -0.2) is 23.3 Å². The average molecular weight is 200 g/mol. The summed E-state index contributed by atoms with van der Waals surface area (Å²) in [5.41, 5.74) is 0. The largest absolute Gasteiger partial charge is 0.430 e. The number of ether oxygens (including phenoxy) is 2. The van der Waals surface area contributed by atoms with E-state index in [2.05, 4.69) is 22.6 Å². The molecule has 0 aliphatic carbocycles. The van der Waals surface area contributed by atoms with Crippen molar-refractivity contribution >= 4 is 11.9 Å². The first-order valence-electron chi connectivity index (χ1n) is 3.93. The van der Waals surface area contributed by atoms with Gasteiger partial charge in [-0.3, -0.25) is 0 Å². The van der Waals surface area contributed by atoms with Crippen LogP contribution in [0.5, 0.6) is 0 Å². The Kier molecular flexibility index (Phi) is 5.24. The van der Waals surface area contributed by atoms with E-state index < -0.39 is 24.0 Å². The quantitative estimate of drug-likeness (QED) is 0.303. The fourth-order valence-corrected chi connectivity index (χ4v) is 0.477. The van der Waals surface area contributed by atoms with E-state index in [4.69, 9.17) is 5.11 Å². The average Bonchev–Trinajstić information content (AvgIpc) is 2.17. The van der Waals surface area contributed by atoms with Crippen molar-refractivity contribution in [1.29, 1.82) is 0 Å². The van der Waals surface area contributed by atoms with Crippen LogP contribution < -0.4 is 0 Å². The predicted octanol–water partition coefficient (Wildman–Crippen LogP) is 0.501. The molecule has 14 heavy (non-hydrogen) atoms. The molecule has 0 fully saturated rings. The molecule has 0 aliphatic rings. The molecule has 0 rings (SSSR count). The summed E-state index contributed by atoms with van der Waals surface area (Å²) in [6.45, 7) is 7.91. The standard InChI is InChI=1S/C9H12O5/c1-4-7(10)13-6(3)9(12)14-8(11)5-2/h4,8,11H,1,3,5H2,2H3. The van der Waals surface area contributed by atoms with Crippen molar-refractivity contribution in [2.24, 2.45) is 0 Å². The van der Waals surface area contributed by atoms with E-state index in [0.29, 0.717) is 0 Å². The normalized spacial score (nSPS) is 11.3. The molecule has 0 saturated heterocycles. The van der Waals surface area contributed by atoms with E-state index in [9.17, 15) is 9.59 Å². The van der Waals surface area contributed by atoms with Gasteiger partial charge in [-0.15, -0.1) is 0 Å². The van der Waals surface area contributed by atoms with E-state index >= 15 is 0 Å². The number of hydrogen-bond acceptors (Lipinski definition) is 5. The van der Waals surface area contributed by atoms with Crippen molar-refractivity contribution in [1.82, 2.24) is 0 Å². The number of carbonyl (C=O) groups is 2. The molecule has 1 atom stereocenters. The SMILES string of the molecule is C=CC(=O)OC(=C)C(=O)OC(O)CC. The first kappa shape index (κ1) is 12.4. The zero-order valence-corrected chi connectivity index (χ0v) is 7.86. The van der Waals surface area contributed by atoms with Crippen molar-refractivity contribution in [3.05, 3.63) is 25.0 Å². The lowest BCUT2D eigenvalue weighted by Crippen LogP contribution is -2.19. The van der Waals surface area contributed by atoms with E-state index in [-0.39, 0.29) is 6.42 Å². The fourth-order valence-electron chi connectivity index (χ4n) is 0.477.